The standard InChI is InChI=1S/C13H14ClNS/c14-11-4-1-3-10(9-11)6-7-12(15)13-5-2-8-16-13/h1-5,8-9,12H,6-7,15H2. The smallest absolute Gasteiger partial charge is 0.0408 e. The summed E-state index contributed by atoms with van der Waals surface area (Å²) in [6.07, 6.45) is 1.93. The van der Waals surface area contributed by atoms with E-state index < -0.39 is 0 Å². The van der Waals surface area contributed by atoms with Crippen molar-refractivity contribution < 1.29 is 0 Å². The first-order valence-electron chi connectivity index (χ1n) is 5.29. The van der Waals surface area contributed by atoms with E-state index >= 15 is 0 Å². The zero-order valence-corrected chi connectivity index (χ0v) is 10.5. The highest BCUT2D eigenvalue weighted by Gasteiger charge is 2.06. The van der Waals surface area contributed by atoms with Crippen molar-refractivity contribution in [3.05, 3.63) is 57.2 Å². The molecule has 0 radical (unpaired) electrons. The molecule has 2 aromatic rings. The molecule has 3 heteroatoms. The molecule has 1 aromatic carbocycles. The lowest BCUT2D eigenvalue weighted by molar-refractivity contribution is 0.662. The number of nitrogens with two attached hydrogens (primary N) is 1. The highest BCUT2D eigenvalue weighted by atomic mass is 35.5. The molecule has 0 aliphatic carbocycles. The van der Waals surface area contributed by atoms with E-state index in [1.807, 2.05) is 24.3 Å². The molecule has 2 rings (SSSR count). The van der Waals surface area contributed by atoms with Gasteiger partial charge in [-0.05, 0) is 42.0 Å². The Morgan fingerprint density at radius 2 is 2.12 bits per heavy atom. The molecule has 16 heavy (non-hydrogen) atoms. The summed E-state index contributed by atoms with van der Waals surface area (Å²) in [5.74, 6) is 0. The Balaban J connectivity index is 1.92. The van der Waals surface area contributed by atoms with Crippen molar-refractivity contribution in [3.8, 4) is 0 Å². The third-order valence-corrected chi connectivity index (χ3v) is 3.78. The number of hydrogen-bond donors (Lipinski definition) is 1. The summed E-state index contributed by atoms with van der Waals surface area (Å²) in [7, 11) is 0. The molecule has 2 N–H and O–H groups in total. The molecular formula is C13H14ClNS. The van der Waals surface area contributed by atoms with Gasteiger partial charge < -0.3 is 5.73 Å². The molecule has 84 valence electrons. The minimum Gasteiger partial charge on any atom is -0.323 e. The molecule has 0 aliphatic rings. The van der Waals surface area contributed by atoms with Crippen LogP contribution in [0.15, 0.2) is 41.8 Å². The SMILES string of the molecule is NC(CCc1cccc(Cl)c1)c1cccs1. The van der Waals surface area contributed by atoms with Crippen molar-refractivity contribution in [1.82, 2.24) is 0 Å². The van der Waals surface area contributed by atoms with Crippen LogP contribution in [0.1, 0.15) is 22.9 Å². The molecule has 0 aliphatic heterocycles. The lowest BCUT2D eigenvalue weighted by Gasteiger charge is -2.09. The van der Waals surface area contributed by atoms with Crippen LogP contribution in [-0.2, 0) is 6.42 Å². The summed E-state index contributed by atoms with van der Waals surface area (Å²) in [5.41, 5.74) is 7.35. The van der Waals surface area contributed by atoms with E-state index in [0.29, 0.717) is 0 Å². The van der Waals surface area contributed by atoms with Crippen LogP contribution in [0.4, 0.5) is 0 Å². The lowest BCUT2D eigenvalue weighted by atomic mass is 10.0. The van der Waals surface area contributed by atoms with Gasteiger partial charge in [0.2, 0.25) is 0 Å². The molecule has 1 nitrogen and oxygen atoms in total. The van der Waals surface area contributed by atoms with Crippen LogP contribution in [-0.4, -0.2) is 0 Å². The first kappa shape index (κ1) is 11.6. The van der Waals surface area contributed by atoms with Gasteiger partial charge in [0.05, 0.1) is 0 Å². The van der Waals surface area contributed by atoms with Gasteiger partial charge in [0, 0.05) is 15.9 Å². The van der Waals surface area contributed by atoms with Crippen molar-refractivity contribution in [2.75, 3.05) is 0 Å². The van der Waals surface area contributed by atoms with E-state index in [0.717, 1.165) is 17.9 Å². The fraction of sp³-hybridized carbons (Fsp3) is 0.231. The molecule has 0 saturated carbocycles. The second kappa shape index (κ2) is 5.48. The van der Waals surface area contributed by atoms with E-state index in [1.165, 1.54) is 10.4 Å². The molecule has 0 bridgehead atoms. The number of benzene rings is 1. The second-order valence-electron chi connectivity index (χ2n) is 3.79. The fourth-order valence-corrected chi connectivity index (χ4v) is 2.64. The number of hydrogen-bond acceptors (Lipinski definition) is 2. The maximum absolute atomic E-state index is 6.10. The quantitative estimate of drug-likeness (QED) is 0.872. The van der Waals surface area contributed by atoms with Gasteiger partial charge in [-0.2, -0.15) is 0 Å². The van der Waals surface area contributed by atoms with Crippen molar-refractivity contribution in [1.29, 1.82) is 0 Å². The highest BCUT2D eigenvalue weighted by molar-refractivity contribution is 7.10. The molecule has 0 amide bonds. The highest BCUT2D eigenvalue weighted by Crippen LogP contribution is 2.22. The lowest BCUT2D eigenvalue weighted by Crippen LogP contribution is -2.09. The van der Waals surface area contributed by atoms with Crippen molar-refractivity contribution in [2.24, 2.45) is 5.73 Å². The van der Waals surface area contributed by atoms with Crippen LogP contribution < -0.4 is 5.73 Å². The Morgan fingerprint density at radius 1 is 1.25 bits per heavy atom. The first-order chi connectivity index (χ1) is 7.75. The Morgan fingerprint density at radius 3 is 2.81 bits per heavy atom. The summed E-state index contributed by atoms with van der Waals surface area (Å²) in [6.45, 7) is 0. The molecular weight excluding hydrogens is 238 g/mol. The summed E-state index contributed by atoms with van der Waals surface area (Å²) in [4.78, 5) is 1.25. The topological polar surface area (TPSA) is 26.0 Å². The molecule has 1 unspecified atom stereocenters. The Hall–Kier alpha value is -0.830. The molecule has 0 fully saturated rings. The van der Waals surface area contributed by atoms with Gasteiger partial charge in [-0.1, -0.05) is 29.8 Å². The maximum atomic E-state index is 6.10. The van der Waals surface area contributed by atoms with Gasteiger partial charge in [0.1, 0.15) is 0 Å². The minimum absolute atomic E-state index is 0.138. The van der Waals surface area contributed by atoms with Crippen LogP contribution in [0.2, 0.25) is 5.02 Å². The van der Waals surface area contributed by atoms with E-state index in [-0.39, 0.29) is 6.04 Å². The van der Waals surface area contributed by atoms with Crippen molar-refractivity contribution in [3.63, 3.8) is 0 Å². The predicted molar refractivity (Wildman–Crippen MR) is 71.0 cm³/mol. The van der Waals surface area contributed by atoms with Crippen molar-refractivity contribution >= 4 is 22.9 Å². The monoisotopic (exact) mass is 251 g/mol. The van der Waals surface area contributed by atoms with Gasteiger partial charge in [-0.25, -0.2) is 0 Å². The summed E-state index contributed by atoms with van der Waals surface area (Å²) < 4.78 is 0. The minimum atomic E-state index is 0.138. The largest absolute Gasteiger partial charge is 0.323 e. The summed E-state index contributed by atoms with van der Waals surface area (Å²) in [5, 5.41) is 2.86. The summed E-state index contributed by atoms with van der Waals surface area (Å²) in [6, 6.07) is 12.2. The zero-order chi connectivity index (χ0) is 11.4. The van der Waals surface area contributed by atoms with Crippen LogP contribution in [0, 0.1) is 0 Å². The van der Waals surface area contributed by atoms with Gasteiger partial charge >= 0.3 is 0 Å². The third kappa shape index (κ3) is 3.08. The zero-order valence-electron chi connectivity index (χ0n) is 8.90. The van der Waals surface area contributed by atoms with Crippen LogP contribution in [0.5, 0.6) is 0 Å². The van der Waals surface area contributed by atoms with Gasteiger partial charge in [-0.15, -0.1) is 11.3 Å². The number of rotatable bonds is 4. The Labute approximate surface area is 105 Å². The Bertz CT molecular complexity index is 439. The average Bonchev–Trinajstić information content (AvgIpc) is 2.79. The third-order valence-electron chi connectivity index (χ3n) is 2.54. The van der Waals surface area contributed by atoms with Crippen LogP contribution in [0.3, 0.4) is 0 Å². The summed E-state index contributed by atoms with van der Waals surface area (Å²) >= 11 is 7.65. The Kier molecular flexibility index (Phi) is 3.99. The number of thiophene rings is 1. The second-order valence-corrected chi connectivity index (χ2v) is 5.21. The molecule has 1 heterocycles. The normalized spacial score (nSPS) is 12.6. The van der Waals surface area contributed by atoms with E-state index in [2.05, 4.69) is 17.5 Å². The van der Waals surface area contributed by atoms with E-state index in [1.54, 1.807) is 11.3 Å². The predicted octanol–water partition coefficient (Wildman–Crippen LogP) is 4.03. The number of halogens is 1. The van der Waals surface area contributed by atoms with E-state index in [4.69, 9.17) is 17.3 Å². The maximum Gasteiger partial charge on any atom is 0.0408 e. The van der Waals surface area contributed by atoms with Crippen LogP contribution >= 0.6 is 22.9 Å². The molecule has 1 atom stereocenters. The van der Waals surface area contributed by atoms with Gasteiger partial charge in [0.15, 0.2) is 0 Å². The van der Waals surface area contributed by atoms with Crippen molar-refractivity contribution in [2.45, 2.75) is 18.9 Å². The number of aryl methyl sites for hydroxylation is 1. The average molecular weight is 252 g/mol. The van der Waals surface area contributed by atoms with Gasteiger partial charge in [0.25, 0.3) is 0 Å². The fourth-order valence-electron chi connectivity index (χ4n) is 1.66. The molecule has 1 aromatic heterocycles. The molecule has 0 saturated heterocycles. The first-order valence-corrected chi connectivity index (χ1v) is 6.55. The van der Waals surface area contributed by atoms with E-state index in [9.17, 15) is 0 Å². The molecule has 0 spiro atoms. The van der Waals surface area contributed by atoms with Gasteiger partial charge in [-0.3, -0.25) is 0 Å². The van der Waals surface area contributed by atoms with Crippen LogP contribution in [0.25, 0.3) is 0 Å².